The van der Waals surface area contributed by atoms with E-state index in [2.05, 4.69) is 20.6 Å². The van der Waals surface area contributed by atoms with Crippen molar-refractivity contribution in [3.8, 4) is 17.4 Å². The summed E-state index contributed by atoms with van der Waals surface area (Å²) in [5.41, 5.74) is 1.86. The number of aromatic nitrogens is 1. The standard InChI is InChI=1S/C17H22N4O3.HI/c1-18-17(20-11-12-5-8-16(24-4)19-10-12)21-13-6-7-14(22-2)15(9-13)23-3;/h5-10H,11H2,1-4H3,(H2,18,20,21);1H. The Morgan fingerprint density at radius 2 is 1.80 bits per heavy atom. The second-order valence-corrected chi connectivity index (χ2v) is 4.83. The molecule has 1 aromatic heterocycles. The Kier molecular flexibility index (Phi) is 8.82. The molecule has 0 spiro atoms. The number of hydrogen-bond acceptors (Lipinski definition) is 5. The molecule has 0 unspecified atom stereocenters. The maximum Gasteiger partial charge on any atom is 0.212 e. The smallest absolute Gasteiger partial charge is 0.212 e. The molecule has 1 aromatic carbocycles. The minimum Gasteiger partial charge on any atom is -0.493 e. The number of guanidine groups is 1. The summed E-state index contributed by atoms with van der Waals surface area (Å²) in [6.45, 7) is 0.587. The average molecular weight is 458 g/mol. The van der Waals surface area contributed by atoms with Gasteiger partial charge in [0.2, 0.25) is 5.88 Å². The lowest BCUT2D eigenvalue weighted by Gasteiger charge is -2.14. The zero-order valence-electron chi connectivity index (χ0n) is 14.7. The van der Waals surface area contributed by atoms with E-state index in [4.69, 9.17) is 14.2 Å². The summed E-state index contributed by atoms with van der Waals surface area (Å²) in [5.74, 6) is 2.55. The summed E-state index contributed by atoms with van der Waals surface area (Å²) < 4.78 is 15.6. The molecule has 0 bridgehead atoms. The van der Waals surface area contributed by atoms with Crippen molar-refractivity contribution < 1.29 is 14.2 Å². The van der Waals surface area contributed by atoms with Crippen LogP contribution >= 0.6 is 24.0 Å². The van der Waals surface area contributed by atoms with E-state index in [1.165, 1.54) is 0 Å². The third-order valence-corrected chi connectivity index (χ3v) is 3.34. The van der Waals surface area contributed by atoms with Crippen LogP contribution in [-0.2, 0) is 6.54 Å². The molecule has 0 aliphatic rings. The molecule has 0 aliphatic heterocycles. The number of benzene rings is 1. The van der Waals surface area contributed by atoms with E-state index in [-0.39, 0.29) is 24.0 Å². The van der Waals surface area contributed by atoms with Crippen LogP contribution in [-0.4, -0.2) is 39.3 Å². The summed E-state index contributed by atoms with van der Waals surface area (Å²) in [6, 6.07) is 9.34. The van der Waals surface area contributed by atoms with Crippen molar-refractivity contribution in [2.45, 2.75) is 6.54 Å². The fraction of sp³-hybridized carbons (Fsp3) is 0.294. The average Bonchev–Trinajstić information content (AvgIpc) is 2.65. The second kappa shape index (κ2) is 10.6. The Morgan fingerprint density at radius 3 is 2.36 bits per heavy atom. The Morgan fingerprint density at radius 1 is 1.04 bits per heavy atom. The van der Waals surface area contributed by atoms with E-state index >= 15 is 0 Å². The van der Waals surface area contributed by atoms with Gasteiger partial charge in [-0.3, -0.25) is 4.99 Å². The maximum atomic E-state index is 5.30. The topological polar surface area (TPSA) is 77.0 Å². The number of pyridine rings is 1. The van der Waals surface area contributed by atoms with E-state index in [0.29, 0.717) is 29.9 Å². The van der Waals surface area contributed by atoms with Crippen LogP contribution in [0.1, 0.15) is 5.56 Å². The largest absolute Gasteiger partial charge is 0.493 e. The summed E-state index contributed by atoms with van der Waals surface area (Å²) in [7, 11) is 6.51. The molecule has 2 rings (SSSR count). The molecule has 0 saturated heterocycles. The second-order valence-electron chi connectivity index (χ2n) is 4.83. The number of nitrogens with zero attached hydrogens (tertiary/aromatic N) is 2. The first-order valence-corrected chi connectivity index (χ1v) is 7.38. The third kappa shape index (κ3) is 5.96. The zero-order chi connectivity index (χ0) is 17.4. The molecule has 2 N–H and O–H groups in total. The molecule has 0 aliphatic carbocycles. The summed E-state index contributed by atoms with van der Waals surface area (Å²) in [5, 5.41) is 6.43. The highest BCUT2D eigenvalue weighted by Gasteiger charge is 2.06. The lowest BCUT2D eigenvalue weighted by Crippen LogP contribution is -2.30. The Bertz CT molecular complexity index is 693. The predicted octanol–water partition coefficient (Wildman–Crippen LogP) is 2.91. The van der Waals surface area contributed by atoms with Gasteiger partial charge in [-0.2, -0.15) is 0 Å². The van der Waals surface area contributed by atoms with Crippen molar-refractivity contribution in [2.75, 3.05) is 33.7 Å². The monoisotopic (exact) mass is 458 g/mol. The zero-order valence-corrected chi connectivity index (χ0v) is 17.0. The van der Waals surface area contributed by atoms with Gasteiger partial charge < -0.3 is 24.8 Å². The van der Waals surface area contributed by atoms with Crippen molar-refractivity contribution in [3.05, 3.63) is 42.1 Å². The molecule has 0 saturated carbocycles. The maximum absolute atomic E-state index is 5.30. The number of anilines is 1. The highest BCUT2D eigenvalue weighted by Crippen LogP contribution is 2.29. The lowest BCUT2D eigenvalue weighted by atomic mass is 10.2. The molecular formula is C17H23IN4O3. The molecule has 0 fully saturated rings. The van der Waals surface area contributed by atoms with Crippen molar-refractivity contribution >= 4 is 35.6 Å². The molecule has 2 aromatic rings. The van der Waals surface area contributed by atoms with Gasteiger partial charge in [0.05, 0.1) is 21.3 Å². The lowest BCUT2D eigenvalue weighted by molar-refractivity contribution is 0.355. The molecular weight excluding hydrogens is 435 g/mol. The summed E-state index contributed by atoms with van der Waals surface area (Å²) in [4.78, 5) is 8.38. The van der Waals surface area contributed by atoms with Gasteiger partial charge in [-0.25, -0.2) is 4.98 Å². The first-order chi connectivity index (χ1) is 11.7. The van der Waals surface area contributed by atoms with Gasteiger partial charge in [0.25, 0.3) is 0 Å². The molecule has 0 radical (unpaired) electrons. The van der Waals surface area contributed by atoms with Crippen molar-refractivity contribution in [3.63, 3.8) is 0 Å². The molecule has 0 atom stereocenters. The van der Waals surface area contributed by atoms with Gasteiger partial charge in [0.15, 0.2) is 17.5 Å². The van der Waals surface area contributed by atoms with Crippen LogP contribution in [0.5, 0.6) is 17.4 Å². The van der Waals surface area contributed by atoms with E-state index < -0.39 is 0 Å². The fourth-order valence-corrected chi connectivity index (χ4v) is 2.05. The third-order valence-electron chi connectivity index (χ3n) is 3.34. The number of nitrogens with one attached hydrogen (secondary N) is 2. The van der Waals surface area contributed by atoms with Gasteiger partial charge >= 0.3 is 0 Å². The Labute approximate surface area is 164 Å². The normalized spacial score (nSPS) is 10.5. The summed E-state index contributed by atoms with van der Waals surface area (Å²) >= 11 is 0. The van der Waals surface area contributed by atoms with Crippen LogP contribution in [0.2, 0.25) is 0 Å². The van der Waals surface area contributed by atoms with Gasteiger partial charge in [-0.05, 0) is 17.7 Å². The van der Waals surface area contributed by atoms with Crippen LogP contribution in [0.15, 0.2) is 41.5 Å². The van der Waals surface area contributed by atoms with E-state index in [9.17, 15) is 0 Å². The molecule has 8 heteroatoms. The van der Waals surface area contributed by atoms with E-state index in [1.807, 2.05) is 30.3 Å². The number of ether oxygens (including phenoxy) is 3. The summed E-state index contributed by atoms with van der Waals surface area (Å²) in [6.07, 6.45) is 1.76. The minimum atomic E-state index is 0. The molecule has 0 amide bonds. The Hall–Kier alpha value is -2.23. The number of hydrogen-bond donors (Lipinski definition) is 2. The van der Waals surface area contributed by atoms with Crippen molar-refractivity contribution in [1.29, 1.82) is 0 Å². The first-order valence-electron chi connectivity index (χ1n) is 7.38. The van der Waals surface area contributed by atoms with Gasteiger partial charge in [0, 0.05) is 37.6 Å². The quantitative estimate of drug-likeness (QED) is 0.394. The molecule has 136 valence electrons. The van der Waals surface area contributed by atoms with Crippen LogP contribution in [0.25, 0.3) is 0 Å². The molecule has 1 heterocycles. The molecule has 7 nitrogen and oxygen atoms in total. The highest BCUT2D eigenvalue weighted by atomic mass is 127. The van der Waals surface area contributed by atoms with Gasteiger partial charge in [0.1, 0.15) is 0 Å². The first kappa shape index (κ1) is 20.8. The predicted molar refractivity (Wildman–Crippen MR) is 110 cm³/mol. The Balaban J connectivity index is 0.00000312. The van der Waals surface area contributed by atoms with E-state index in [0.717, 1.165) is 11.3 Å². The van der Waals surface area contributed by atoms with Crippen LogP contribution in [0.3, 0.4) is 0 Å². The minimum absolute atomic E-state index is 0. The number of methoxy groups -OCH3 is 3. The van der Waals surface area contributed by atoms with Crippen LogP contribution < -0.4 is 24.8 Å². The van der Waals surface area contributed by atoms with Gasteiger partial charge in [-0.15, -0.1) is 24.0 Å². The highest BCUT2D eigenvalue weighted by molar-refractivity contribution is 14.0. The van der Waals surface area contributed by atoms with Crippen molar-refractivity contribution in [2.24, 2.45) is 4.99 Å². The van der Waals surface area contributed by atoms with Gasteiger partial charge in [-0.1, -0.05) is 6.07 Å². The SMILES string of the molecule is CN=C(NCc1ccc(OC)nc1)Nc1ccc(OC)c(OC)c1.I. The number of halogens is 1. The van der Waals surface area contributed by atoms with Crippen LogP contribution in [0.4, 0.5) is 5.69 Å². The number of aliphatic imine (C=N–C) groups is 1. The number of rotatable bonds is 6. The van der Waals surface area contributed by atoms with Crippen molar-refractivity contribution in [1.82, 2.24) is 10.3 Å². The molecule has 25 heavy (non-hydrogen) atoms. The van der Waals surface area contributed by atoms with Crippen LogP contribution in [0, 0.1) is 0 Å². The van der Waals surface area contributed by atoms with E-state index in [1.54, 1.807) is 34.6 Å². The fourth-order valence-electron chi connectivity index (χ4n) is 2.05.